The maximum absolute atomic E-state index is 12.2. The van der Waals surface area contributed by atoms with Crippen molar-refractivity contribution in [2.45, 2.75) is 12.8 Å². The lowest BCUT2D eigenvalue weighted by Crippen LogP contribution is -2.18. The van der Waals surface area contributed by atoms with Gasteiger partial charge in [-0.3, -0.25) is 0 Å². The molecule has 0 saturated heterocycles. The van der Waals surface area contributed by atoms with Gasteiger partial charge >= 0.3 is 6.36 Å². The van der Waals surface area contributed by atoms with Gasteiger partial charge in [-0.25, -0.2) is 13.8 Å². The van der Waals surface area contributed by atoms with Crippen LogP contribution in [0.4, 0.5) is 22.0 Å². The summed E-state index contributed by atoms with van der Waals surface area (Å²) in [7, 11) is 0. The van der Waals surface area contributed by atoms with Crippen LogP contribution in [-0.2, 0) is 0 Å². The minimum absolute atomic E-state index is 0.190. The van der Waals surface area contributed by atoms with E-state index < -0.39 is 29.4 Å². The van der Waals surface area contributed by atoms with Gasteiger partial charge in [0.1, 0.15) is 5.69 Å². The highest BCUT2D eigenvalue weighted by molar-refractivity contribution is 14.1. The van der Waals surface area contributed by atoms with Crippen LogP contribution in [-0.4, -0.2) is 11.3 Å². The molecule has 0 amide bonds. The first kappa shape index (κ1) is 13.7. The van der Waals surface area contributed by atoms with E-state index in [0.717, 1.165) is 6.07 Å². The van der Waals surface area contributed by atoms with E-state index in [0.29, 0.717) is 0 Å². The molecule has 16 heavy (non-hydrogen) atoms. The normalized spacial score (nSPS) is 12.0. The van der Waals surface area contributed by atoms with Gasteiger partial charge < -0.3 is 4.74 Å². The molecule has 0 N–H and O–H groups in total. The summed E-state index contributed by atoms with van der Waals surface area (Å²) in [5.41, 5.74) is -0.705. The second kappa shape index (κ2) is 4.86. The summed E-state index contributed by atoms with van der Waals surface area (Å²) in [4.78, 5) is 3.10. The average Bonchev–Trinajstić information content (AvgIpc) is 2.09. The minimum atomic E-state index is -4.95. The van der Waals surface area contributed by atoms with Crippen LogP contribution in [0.25, 0.3) is 0 Å². The van der Waals surface area contributed by atoms with Crippen LogP contribution in [0.15, 0.2) is 6.07 Å². The lowest BCUT2D eigenvalue weighted by atomic mass is 10.3. The fourth-order valence-corrected chi connectivity index (χ4v) is 1.89. The Morgan fingerprint density at radius 3 is 2.31 bits per heavy atom. The van der Waals surface area contributed by atoms with Gasteiger partial charge in [-0.05, 0) is 28.7 Å². The van der Waals surface area contributed by atoms with Crippen molar-refractivity contribution < 1.29 is 26.7 Å². The molecule has 0 aliphatic rings. The predicted octanol–water partition coefficient (Wildman–Crippen LogP) is 4.18. The van der Waals surface area contributed by atoms with Crippen LogP contribution in [0.3, 0.4) is 0 Å². The number of alkyl halides is 5. The number of hydrogen-bond donors (Lipinski definition) is 0. The van der Waals surface area contributed by atoms with Gasteiger partial charge in [-0.15, -0.1) is 13.2 Å². The zero-order chi connectivity index (χ0) is 12.5. The number of rotatable bonds is 2. The Bertz CT molecular complexity index is 374. The van der Waals surface area contributed by atoms with E-state index in [-0.39, 0.29) is 3.57 Å². The number of halogens is 7. The Labute approximate surface area is 105 Å². The van der Waals surface area contributed by atoms with Crippen LogP contribution in [0.2, 0.25) is 5.15 Å². The van der Waals surface area contributed by atoms with Gasteiger partial charge in [0, 0.05) is 0 Å². The van der Waals surface area contributed by atoms with Crippen molar-refractivity contribution in [1.29, 1.82) is 0 Å². The van der Waals surface area contributed by atoms with Crippen molar-refractivity contribution in [1.82, 2.24) is 4.98 Å². The molecule has 0 spiro atoms. The zero-order valence-corrected chi connectivity index (χ0v) is 10.1. The fourth-order valence-electron chi connectivity index (χ4n) is 0.809. The summed E-state index contributed by atoms with van der Waals surface area (Å²) in [6.45, 7) is 0. The summed E-state index contributed by atoms with van der Waals surface area (Å²) < 4.78 is 63.5. The molecule has 0 atom stereocenters. The molecule has 1 rings (SSSR count). The van der Waals surface area contributed by atoms with Gasteiger partial charge in [-0.1, -0.05) is 11.6 Å². The molecular weight excluding hydrogens is 371 g/mol. The van der Waals surface area contributed by atoms with Crippen molar-refractivity contribution in [2.75, 3.05) is 0 Å². The molecule has 9 heteroatoms. The number of hydrogen-bond acceptors (Lipinski definition) is 2. The molecule has 0 aromatic carbocycles. The lowest BCUT2D eigenvalue weighted by Gasteiger charge is -2.12. The molecule has 1 aromatic heterocycles. The largest absolute Gasteiger partial charge is 0.573 e. The third-order valence-electron chi connectivity index (χ3n) is 1.35. The maximum Gasteiger partial charge on any atom is 0.573 e. The highest BCUT2D eigenvalue weighted by Gasteiger charge is 2.33. The number of ether oxygens (including phenoxy) is 1. The monoisotopic (exact) mass is 373 g/mol. The number of aromatic nitrogens is 1. The molecule has 2 nitrogen and oxygen atoms in total. The van der Waals surface area contributed by atoms with Crippen molar-refractivity contribution in [3.8, 4) is 5.75 Å². The molecule has 0 aliphatic carbocycles. The molecule has 0 unspecified atom stereocenters. The summed E-state index contributed by atoms with van der Waals surface area (Å²) in [5.74, 6) is -0.779. The van der Waals surface area contributed by atoms with Gasteiger partial charge in [0.15, 0.2) is 10.9 Å². The molecule has 0 saturated carbocycles. The fraction of sp³-hybridized carbons (Fsp3) is 0.286. The second-order valence-corrected chi connectivity index (χ2v) is 4.02. The van der Waals surface area contributed by atoms with Crippen LogP contribution < -0.4 is 4.74 Å². The van der Waals surface area contributed by atoms with Crippen LogP contribution in [0.1, 0.15) is 12.1 Å². The summed E-state index contributed by atoms with van der Waals surface area (Å²) >= 11 is 6.71. The van der Waals surface area contributed by atoms with Crippen molar-refractivity contribution >= 4 is 34.2 Å². The minimum Gasteiger partial charge on any atom is -0.401 e. The Morgan fingerprint density at radius 1 is 1.38 bits per heavy atom. The van der Waals surface area contributed by atoms with Gasteiger partial charge in [0.2, 0.25) is 0 Å². The first-order valence-corrected chi connectivity index (χ1v) is 5.06. The van der Waals surface area contributed by atoms with Crippen molar-refractivity contribution in [3.63, 3.8) is 0 Å². The third kappa shape index (κ3) is 3.58. The van der Waals surface area contributed by atoms with Gasteiger partial charge in [0.05, 0.1) is 3.57 Å². The first-order chi connectivity index (χ1) is 7.20. The first-order valence-electron chi connectivity index (χ1n) is 3.60. The van der Waals surface area contributed by atoms with E-state index in [9.17, 15) is 22.0 Å². The molecule has 0 fully saturated rings. The predicted molar refractivity (Wildman–Crippen MR) is 53.6 cm³/mol. The quantitative estimate of drug-likeness (QED) is 0.441. The van der Waals surface area contributed by atoms with E-state index in [1.807, 2.05) is 0 Å². The zero-order valence-electron chi connectivity index (χ0n) is 7.16. The Kier molecular flexibility index (Phi) is 4.16. The second-order valence-electron chi connectivity index (χ2n) is 2.50. The smallest absolute Gasteiger partial charge is 0.401 e. The summed E-state index contributed by atoms with van der Waals surface area (Å²) in [6.07, 6.45) is -7.86. The van der Waals surface area contributed by atoms with Crippen LogP contribution in [0, 0.1) is 3.57 Å². The van der Waals surface area contributed by atoms with E-state index in [2.05, 4.69) is 9.72 Å². The van der Waals surface area contributed by atoms with Crippen LogP contribution in [0.5, 0.6) is 5.75 Å². The van der Waals surface area contributed by atoms with Gasteiger partial charge in [0.25, 0.3) is 6.43 Å². The van der Waals surface area contributed by atoms with E-state index in [1.165, 1.54) is 22.6 Å². The topological polar surface area (TPSA) is 22.1 Å². The standard InChI is InChI=1S/C7H2ClF5INO/c8-5-4(16-7(11,12)13)2(14)1-3(15-5)6(9)10/h1,6H. The molecular formula is C7H2ClF5INO. The van der Waals surface area contributed by atoms with Gasteiger partial charge in [-0.2, -0.15) is 0 Å². The third-order valence-corrected chi connectivity index (χ3v) is 2.40. The molecule has 1 heterocycles. The number of pyridine rings is 1. The van der Waals surface area contributed by atoms with E-state index in [1.54, 1.807) is 0 Å². The molecule has 0 aliphatic heterocycles. The average molecular weight is 373 g/mol. The molecule has 90 valence electrons. The van der Waals surface area contributed by atoms with Crippen molar-refractivity contribution in [3.05, 3.63) is 20.5 Å². The van der Waals surface area contributed by atoms with Crippen molar-refractivity contribution in [2.24, 2.45) is 0 Å². The maximum atomic E-state index is 12.2. The summed E-state index contributed by atoms with van der Waals surface area (Å²) in [5, 5.41) is -0.750. The SMILES string of the molecule is FC(F)c1cc(I)c(OC(F)(F)F)c(Cl)n1. The van der Waals surface area contributed by atoms with E-state index in [4.69, 9.17) is 11.6 Å². The summed E-state index contributed by atoms with van der Waals surface area (Å²) in [6, 6.07) is 0.776. The Morgan fingerprint density at radius 2 is 1.94 bits per heavy atom. The van der Waals surface area contributed by atoms with Crippen LogP contribution >= 0.6 is 34.2 Å². The highest BCUT2D eigenvalue weighted by Crippen LogP contribution is 2.35. The molecule has 0 bridgehead atoms. The Balaban J connectivity index is 3.13. The number of nitrogens with zero attached hydrogens (tertiary/aromatic N) is 1. The molecule has 0 radical (unpaired) electrons. The lowest BCUT2D eigenvalue weighted by molar-refractivity contribution is -0.275. The Hall–Kier alpha value is -0.380. The molecule has 1 aromatic rings. The highest BCUT2D eigenvalue weighted by atomic mass is 127. The van der Waals surface area contributed by atoms with E-state index >= 15 is 0 Å².